The molecular formula is C22H14F4. The first-order chi connectivity index (χ1) is 12.6. The van der Waals surface area contributed by atoms with Gasteiger partial charge in [-0.05, 0) is 0 Å². The summed E-state index contributed by atoms with van der Waals surface area (Å²) >= 11 is 0. The van der Waals surface area contributed by atoms with Crippen LogP contribution in [0.4, 0.5) is 17.6 Å². The lowest BCUT2D eigenvalue weighted by Crippen LogP contribution is -2.29. The van der Waals surface area contributed by atoms with Crippen LogP contribution in [-0.4, -0.2) is 0 Å². The van der Waals surface area contributed by atoms with Gasteiger partial charge in [-0.1, -0.05) is 71.9 Å². The van der Waals surface area contributed by atoms with Crippen molar-refractivity contribution in [3.8, 4) is 0 Å². The molecule has 1 aromatic carbocycles. The highest BCUT2D eigenvalue weighted by atomic mass is 19.2. The van der Waals surface area contributed by atoms with Gasteiger partial charge >= 0.3 is 0 Å². The summed E-state index contributed by atoms with van der Waals surface area (Å²) < 4.78 is 57.1. The Morgan fingerprint density at radius 3 is 1.19 bits per heavy atom. The number of halogens is 4. The molecule has 0 nitrogen and oxygen atoms in total. The summed E-state index contributed by atoms with van der Waals surface area (Å²) in [4.78, 5) is 0. The summed E-state index contributed by atoms with van der Waals surface area (Å²) in [5, 5.41) is 0. The molecule has 1 aromatic rings. The van der Waals surface area contributed by atoms with Crippen LogP contribution in [0.5, 0.6) is 0 Å². The smallest absolute Gasteiger partial charge is 0.197 e. The predicted octanol–water partition coefficient (Wildman–Crippen LogP) is 5.77. The Hall–Kier alpha value is -2.62. The molecule has 0 spiro atoms. The van der Waals surface area contributed by atoms with Crippen LogP contribution in [0.3, 0.4) is 0 Å². The fraction of sp³-hybridized carbons (Fsp3) is 0.182. The largest absolute Gasteiger partial charge is 0.203 e. The first kappa shape index (κ1) is 15.6. The van der Waals surface area contributed by atoms with E-state index in [1.807, 2.05) is 60.8 Å². The van der Waals surface area contributed by atoms with Crippen molar-refractivity contribution in [2.24, 2.45) is 11.8 Å². The highest BCUT2D eigenvalue weighted by Gasteiger charge is 2.43. The molecule has 0 amide bonds. The highest BCUT2D eigenvalue weighted by Crippen LogP contribution is 2.55. The van der Waals surface area contributed by atoms with E-state index in [0.29, 0.717) is 0 Å². The van der Waals surface area contributed by atoms with Gasteiger partial charge in [0.05, 0.1) is 0 Å². The molecule has 130 valence electrons. The van der Waals surface area contributed by atoms with E-state index in [1.165, 1.54) is 0 Å². The van der Waals surface area contributed by atoms with Crippen molar-refractivity contribution in [1.29, 1.82) is 0 Å². The third-order valence-corrected chi connectivity index (χ3v) is 5.67. The van der Waals surface area contributed by atoms with Gasteiger partial charge in [-0.25, -0.2) is 17.6 Å². The summed E-state index contributed by atoms with van der Waals surface area (Å²) in [6, 6.07) is 0. The molecule has 4 heteroatoms. The second-order valence-electron chi connectivity index (χ2n) is 6.96. The van der Waals surface area contributed by atoms with Crippen LogP contribution in [0.15, 0.2) is 71.9 Å². The zero-order valence-corrected chi connectivity index (χ0v) is 13.6. The maximum atomic E-state index is 14.6. The molecule has 6 rings (SSSR count). The van der Waals surface area contributed by atoms with Crippen molar-refractivity contribution in [3.63, 3.8) is 0 Å². The fourth-order valence-corrected chi connectivity index (χ4v) is 4.50. The van der Waals surface area contributed by atoms with E-state index >= 15 is 0 Å². The molecule has 2 atom stereocenters. The van der Waals surface area contributed by atoms with Crippen LogP contribution in [0, 0.1) is 35.1 Å². The lowest BCUT2D eigenvalue weighted by atomic mass is 9.63. The second kappa shape index (κ2) is 5.44. The third kappa shape index (κ3) is 1.96. The van der Waals surface area contributed by atoms with Gasteiger partial charge in [0.15, 0.2) is 23.3 Å². The first-order valence-corrected chi connectivity index (χ1v) is 8.57. The average molecular weight is 354 g/mol. The molecule has 26 heavy (non-hydrogen) atoms. The average Bonchev–Trinajstić information content (AvgIpc) is 3.37. The van der Waals surface area contributed by atoms with Crippen molar-refractivity contribution in [2.45, 2.75) is 11.8 Å². The molecule has 0 aliphatic heterocycles. The van der Waals surface area contributed by atoms with Crippen LogP contribution in [-0.2, 0) is 0 Å². The van der Waals surface area contributed by atoms with Gasteiger partial charge in [-0.2, -0.15) is 0 Å². The topological polar surface area (TPSA) is 0 Å². The molecular weight excluding hydrogens is 340 g/mol. The molecule has 0 saturated heterocycles. The lowest BCUT2D eigenvalue weighted by molar-refractivity contribution is 0.392. The van der Waals surface area contributed by atoms with Gasteiger partial charge in [-0.15, -0.1) is 0 Å². The molecule has 0 radical (unpaired) electrons. The number of hydrogen-bond acceptors (Lipinski definition) is 0. The standard InChI is InChI=1S/C22H14F4/c23-19-17-15-10-14(12-7-3-4-8-12)16(9-13(15)11-5-1-2-6-11)18(17)20(24)22(26)21(19)25/h1-12,15-16H/t15-,16-/m1/s1. The van der Waals surface area contributed by atoms with Crippen LogP contribution in [0.25, 0.3) is 0 Å². The predicted molar refractivity (Wildman–Crippen MR) is 91.5 cm³/mol. The van der Waals surface area contributed by atoms with Gasteiger partial charge in [0, 0.05) is 34.8 Å². The Balaban J connectivity index is 1.74. The highest BCUT2D eigenvalue weighted by molar-refractivity contribution is 5.61. The molecule has 0 heterocycles. The Bertz CT molecular complexity index is 899. The van der Waals surface area contributed by atoms with E-state index in [1.54, 1.807) is 0 Å². The van der Waals surface area contributed by atoms with Gasteiger partial charge < -0.3 is 0 Å². The normalized spacial score (nSPS) is 26.0. The number of allylic oxidation sites excluding steroid dienone is 12. The summed E-state index contributed by atoms with van der Waals surface area (Å²) in [5.74, 6) is -7.32. The Morgan fingerprint density at radius 2 is 0.846 bits per heavy atom. The third-order valence-electron chi connectivity index (χ3n) is 5.67. The Morgan fingerprint density at radius 1 is 0.500 bits per heavy atom. The van der Waals surface area contributed by atoms with E-state index in [9.17, 15) is 17.6 Å². The summed E-state index contributed by atoms with van der Waals surface area (Å²) in [7, 11) is 0. The quantitative estimate of drug-likeness (QED) is 0.274. The zero-order chi connectivity index (χ0) is 18.0. The summed E-state index contributed by atoms with van der Waals surface area (Å²) in [6.07, 6.45) is 19.2. The van der Waals surface area contributed by atoms with Crippen molar-refractivity contribution >= 4 is 0 Å². The maximum absolute atomic E-state index is 14.6. The van der Waals surface area contributed by atoms with Crippen LogP contribution in [0.2, 0.25) is 0 Å². The zero-order valence-electron chi connectivity index (χ0n) is 13.6. The van der Waals surface area contributed by atoms with Crippen molar-refractivity contribution in [2.75, 3.05) is 0 Å². The molecule has 0 N–H and O–H groups in total. The minimum absolute atomic E-state index is 0.0429. The van der Waals surface area contributed by atoms with Crippen LogP contribution < -0.4 is 0 Å². The molecule has 0 unspecified atom stereocenters. The minimum Gasteiger partial charge on any atom is -0.203 e. The monoisotopic (exact) mass is 354 g/mol. The summed E-state index contributed by atoms with van der Waals surface area (Å²) in [5.41, 5.74) is 1.64. The molecule has 2 bridgehead atoms. The first-order valence-electron chi connectivity index (χ1n) is 8.57. The molecule has 0 saturated carbocycles. The lowest BCUT2D eigenvalue weighted by Gasteiger charge is -2.40. The fourth-order valence-electron chi connectivity index (χ4n) is 4.50. The van der Waals surface area contributed by atoms with E-state index in [-0.39, 0.29) is 23.0 Å². The van der Waals surface area contributed by atoms with Crippen LogP contribution >= 0.6 is 0 Å². The van der Waals surface area contributed by atoms with E-state index in [2.05, 4.69) is 0 Å². The van der Waals surface area contributed by atoms with Crippen LogP contribution in [0.1, 0.15) is 23.0 Å². The van der Waals surface area contributed by atoms with E-state index in [4.69, 9.17) is 0 Å². The number of benzene rings is 1. The van der Waals surface area contributed by atoms with Crippen molar-refractivity contribution in [3.05, 3.63) is 106 Å². The van der Waals surface area contributed by atoms with Gasteiger partial charge in [0.2, 0.25) is 0 Å². The van der Waals surface area contributed by atoms with Gasteiger partial charge in [-0.3, -0.25) is 0 Å². The molecule has 5 aliphatic rings. The molecule has 0 fully saturated rings. The second-order valence-corrected chi connectivity index (χ2v) is 6.96. The number of rotatable bonds is 2. The van der Waals surface area contributed by atoms with E-state index in [0.717, 1.165) is 11.1 Å². The summed E-state index contributed by atoms with van der Waals surface area (Å²) in [6.45, 7) is 0. The molecule has 5 aliphatic carbocycles. The van der Waals surface area contributed by atoms with Crippen molar-refractivity contribution < 1.29 is 17.6 Å². The van der Waals surface area contributed by atoms with Crippen molar-refractivity contribution in [1.82, 2.24) is 0 Å². The Kier molecular flexibility index (Phi) is 3.27. The van der Waals surface area contributed by atoms with Gasteiger partial charge in [0.25, 0.3) is 0 Å². The number of hydrogen-bond donors (Lipinski definition) is 0. The maximum Gasteiger partial charge on any atom is 0.197 e. The molecule has 0 aromatic heterocycles. The SMILES string of the molecule is Fc1c(F)c(F)c2c(c1F)[C@@H]1C=C(C3C=CC=C3)[C@H]2C=C1C1C=CC=C1. The van der Waals surface area contributed by atoms with Gasteiger partial charge in [0.1, 0.15) is 0 Å². The Labute approximate surface area is 148 Å². The van der Waals surface area contributed by atoms with E-state index < -0.39 is 35.1 Å². The minimum atomic E-state index is -1.73.